The van der Waals surface area contributed by atoms with Crippen molar-refractivity contribution in [3.05, 3.63) is 59.7 Å². The van der Waals surface area contributed by atoms with E-state index in [1.54, 1.807) is 6.21 Å². The molecule has 2 aromatic rings. The van der Waals surface area contributed by atoms with E-state index >= 15 is 0 Å². The number of nitrogens with zero attached hydrogens (tertiary/aromatic N) is 3. The molecule has 0 spiro atoms. The molecule has 0 aliphatic carbocycles. The van der Waals surface area contributed by atoms with Crippen LogP contribution in [0, 0.1) is 0 Å². The van der Waals surface area contributed by atoms with Crippen LogP contribution in [0.5, 0.6) is 0 Å². The minimum absolute atomic E-state index is 0.0153. The first kappa shape index (κ1) is 16.8. The number of hydrogen-bond donors (Lipinski definition) is 1. The normalized spacial score (nSPS) is 20.9. The lowest BCUT2D eigenvalue weighted by Gasteiger charge is -2.34. The second kappa shape index (κ2) is 7.30. The van der Waals surface area contributed by atoms with Crippen molar-refractivity contribution in [2.75, 3.05) is 38.1 Å². The van der Waals surface area contributed by atoms with Crippen LogP contribution in [0.15, 0.2) is 53.5 Å². The number of carbonyl (C=O) groups excluding carboxylic acids is 1. The van der Waals surface area contributed by atoms with E-state index in [-0.39, 0.29) is 11.8 Å². The molecule has 134 valence electrons. The Labute approximate surface area is 154 Å². The predicted molar refractivity (Wildman–Crippen MR) is 105 cm³/mol. The van der Waals surface area contributed by atoms with Crippen LogP contribution in [0.3, 0.4) is 0 Å². The molecule has 1 saturated heterocycles. The summed E-state index contributed by atoms with van der Waals surface area (Å²) in [6.45, 7) is 4.89. The van der Waals surface area contributed by atoms with Gasteiger partial charge in [0.25, 0.3) is 0 Å². The summed E-state index contributed by atoms with van der Waals surface area (Å²) < 4.78 is 0. The number of amides is 1. The number of piperazine rings is 1. The summed E-state index contributed by atoms with van der Waals surface area (Å²) >= 11 is 0. The fourth-order valence-electron chi connectivity index (χ4n) is 3.55. The van der Waals surface area contributed by atoms with Gasteiger partial charge in [-0.1, -0.05) is 24.3 Å². The number of nitrogens with one attached hydrogen (secondary N) is 1. The van der Waals surface area contributed by atoms with Crippen LogP contribution in [0.4, 0.5) is 11.4 Å². The highest BCUT2D eigenvalue weighted by molar-refractivity contribution is 6.01. The van der Waals surface area contributed by atoms with Crippen molar-refractivity contribution in [3.63, 3.8) is 0 Å². The Hall–Kier alpha value is -2.66. The highest BCUT2D eigenvalue weighted by Gasteiger charge is 2.25. The Kier molecular flexibility index (Phi) is 4.71. The zero-order valence-corrected chi connectivity index (χ0v) is 15.1. The molecule has 1 amide bonds. The minimum Gasteiger partial charge on any atom is -0.369 e. The van der Waals surface area contributed by atoms with Crippen LogP contribution in [0.2, 0.25) is 0 Å². The number of benzene rings is 2. The lowest BCUT2D eigenvalue weighted by atomic mass is 9.91. The summed E-state index contributed by atoms with van der Waals surface area (Å²) in [5, 5.41) is 2.94. The van der Waals surface area contributed by atoms with Crippen molar-refractivity contribution in [2.45, 2.75) is 12.5 Å². The van der Waals surface area contributed by atoms with Crippen molar-refractivity contribution < 1.29 is 4.79 Å². The molecule has 5 nitrogen and oxygen atoms in total. The van der Waals surface area contributed by atoms with Crippen molar-refractivity contribution in [1.29, 1.82) is 0 Å². The SMILES string of the molecule is CN1CCN(c2ccc(N=CC3C(=O)NCc4ccccc43)cc2)CC1. The zero-order valence-electron chi connectivity index (χ0n) is 15.1. The van der Waals surface area contributed by atoms with E-state index in [0.29, 0.717) is 6.54 Å². The molecule has 0 saturated carbocycles. The molecule has 1 N–H and O–H groups in total. The molecular formula is C21H24N4O. The van der Waals surface area contributed by atoms with Crippen molar-refractivity contribution >= 4 is 23.5 Å². The van der Waals surface area contributed by atoms with Gasteiger partial charge in [-0.3, -0.25) is 9.79 Å². The molecule has 0 radical (unpaired) electrons. The van der Waals surface area contributed by atoms with E-state index in [0.717, 1.165) is 43.0 Å². The van der Waals surface area contributed by atoms with Gasteiger partial charge >= 0.3 is 0 Å². The Bertz CT molecular complexity index is 807. The third-order valence-electron chi connectivity index (χ3n) is 5.22. The van der Waals surface area contributed by atoms with Gasteiger partial charge in [-0.25, -0.2) is 0 Å². The smallest absolute Gasteiger partial charge is 0.233 e. The van der Waals surface area contributed by atoms with E-state index < -0.39 is 0 Å². The third kappa shape index (κ3) is 3.48. The number of hydrogen-bond acceptors (Lipinski definition) is 4. The predicted octanol–water partition coefficient (Wildman–Crippen LogP) is 2.55. The topological polar surface area (TPSA) is 47.9 Å². The van der Waals surface area contributed by atoms with E-state index in [1.807, 2.05) is 30.3 Å². The van der Waals surface area contributed by atoms with Gasteiger partial charge in [-0.2, -0.15) is 0 Å². The summed E-state index contributed by atoms with van der Waals surface area (Å²) in [6, 6.07) is 16.3. The molecule has 2 aliphatic rings. The van der Waals surface area contributed by atoms with Crippen LogP contribution in [-0.2, 0) is 11.3 Å². The van der Waals surface area contributed by atoms with Gasteiger partial charge < -0.3 is 15.1 Å². The maximum atomic E-state index is 12.3. The fourth-order valence-corrected chi connectivity index (χ4v) is 3.55. The van der Waals surface area contributed by atoms with E-state index in [9.17, 15) is 4.79 Å². The summed E-state index contributed by atoms with van der Waals surface area (Å²) in [5.41, 5.74) is 4.32. The molecule has 1 fully saturated rings. The number of rotatable bonds is 3. The minimum atomic E-state index is -0.322. The maximum Gasteiger partial charge on any atom is 0.233 e. The Balaban J connectivity index is 1.48. The zero-order chi connectivity index (χ0) is 17.9. The van der Waals surface area contributed by atoms with Gasteiger partial charge in [0.15, 0.2) is 0 Å². The molecule has 26 heavy (non-hydrogen) atoms. The van der Waals surface area contributed by atoms with Gasteiger partial charge in [0.2, 0.25) is 5.91 Å². The van der Waals surface area contributed by atoms with Crippen LogP contribution >= 0.6 is 0 Å². The molecule has 2 aromatic carbocycles. The summed E-state index contributed by atoms with van der Waals surface area (Å²) in [6.07, 6.45) is 1.76. The monoisotopic (exact) mass is 348 g/mol. The highest BCUT2D eigenvalue weighted by atomic mass is 16.1. The number of carbonyl (C=O) groups is 1. The molecular weight excluding hydrogens is 324 g/mol. The van der Waals surface area contributed by atoms with Gasteiger partial charge in [0.1, 0.15) is 0 Å². The number of anilines is 1. The van der Waals surface area contributed by atoms with Crippen LogP contribution in [0.1, 0.15) is 17.0 Å². The van der Waals surface area contributed by atoms with E-state index in [2.05, 4.69) is 45.4 Å². The molecule has 0 aromatic heterocycles. The second-order valence-electron chi connectivity index (χ2n) is 6.98. The third-order valence-corrected chi connectivity index (χ3v) is 5.22. The van der Waals surface area contributed by atoms with Crippen LogP contribution in [0.25, 0.3) is 0 Å². The number of aliphatic imine (C=N–C) groups is 1. The second-order valence-corrected chi connectivity index (χ2v) is 6.98. The molecule has 1 atom stereocenters. The van der Waals surface area contributed by atoms with Gasteiger partial charge in [0.05, 0.1) is 11.6 Å². The number of likely N-dealkylation sites (N-methyl/N-ethyl adjacent to an activating group) is 1. The molecule has 5 heteroatoms. The van der Waals surface area contributed by atoms with E-state index in [4.69, 9.17) is 0 Å². The fraction of sp³-hybridized carbons (Fsp3) is 0.333. The molecule has 2 heterocycles. The summed E-state index contributed by atoms with van der Waals surface area (Å²) in [4.78, 5) is 21.6. The van der Waals surface area contributed by atoms with Gasteiger partial charge in [-0.15, -0.1) is 0 Å². The first-order chi connectivity index (χ1) is 12.7. The van der Waals surface area contributed by atoms with Crippen molar-refractivity contribution in [3.8, 4) is 0 Å². The molecule has 1 unspecified atom stereocenters. The summed E-state index contributed by atoms with van der Waals surface area (Å²) in [5.74, 6) is -0.307. The maximum absolute atomic E-state index is 12.3. The average molecular weight is 348 g/mol. The highest BCUT2D eigenvalue weighted by Crippen LogP contribution is 2.25. The van der Waals surface area contributed by atoms with Crippen molar-refractivity contribution in [2.24, 2.45) is 4.99 Å². The van der Waals surface area contributed by atoms with Gasteiger partial charge in [-0.05, 0) is 42.4 Å². The molecule has 4 rings (SSSR count). The standard InChI is InChI=1S/C21H24N4O/c1-24-10-12-25(13-11-24)18-8-6-17(7-9-18)22-15-20-19-5-3-2-4-16(19)14-23-21(20)26/h2-9,15,20H,10-14H2,1H3,(H,23,26). The number of fused-ring (bicyclic) bond motifs is 1. The molecule has 0 bridgehead atoms. The van der Waals surface area contributed by atoms with Crippen molar-refractivity contribution in [1.82, 2.24) is 10.2 Å². The summed E-state index contributed by atoms with van der Waals surface area (Å²) in [7, 11) is 2.16. The first-order valence-corrected chi connectivity index (χ1v) is 9.14. The van der Waals surface area contributed by atoms with Crippen LogP contribution in [-0.4, -0.2) is 50.2 Å². The first-order valence-electron chi connectivity index (χ1n) is 9.14. The Morgan fingerprint density at radius 3 is 2.54 bits per heavy atom. The van der Waals surface area contributed by atoms with Gasteiger partial charge in [0, 0.05) is 44.6 Å². The quantitative estimate of drug-likeness (QED) is 0.867. The Morgan fingerprint density at radius 2 is 1.77 bits per heavy atom. The van der Waals surface area contributed by atoms with E-state index in [1.165, 1.54) is 5.69 Å². The largest absolute Gasteiger partial charge is 0.369 e. The average Bonchev–Trinajstić information content (AvgIpc) is 2.68. The lowest BCUT2D eigenvalue weighted by molar-refractivity contribution is -0.121. The Morgan fingerprint density at radius 1 is 1.04 bits per heavy atom. The lowest BCUT2D eigenvalue weighted by Crippen LogP contribution is -2.44. The van der Waals surface area contributed by atoms with Crippen LogP contribution < -0.4 is 10.2 Å². The molecule has 2 aliphatic heterocycles.